The number of hydrogen-bond donors (Lipinski definition) is 1. The number of para-hydroxylation sites is 1. The Hall–Kier alpha value is -2.66. The van der Waals surface area contributed by atoms with Crippen molar-refractivity contribution in [2.45, 2.75) is 19.9 Å². The smallest absolute Gasteiger partial charge is 0.118 e. The molecule has 0 aliphatic rings. The molecule has 0 unspecified atom stereocenters. The predicted octanol–water partition coefficient (Wildman–Crippen LogP) is 2.96. The van der Waals surface area contributed by atoms with E-state index >= 15 is 0 Å². The van der Waals surface area contributed by atoms with Crippen LogP contribution in [0.5, 0.6) is 5.75 Å². The van der Waals surface area contributed by atoms with Crippen molar-refractivity contribution in [3.05, 3.63) is 59.8 Å². The Bertz CT molecular complexity index is 793. The highest BCUT2D eigenvalue weighted by atomic mass is 16.5. The Balaban J connectivity index is 2.17. The number of ether oxygens (including phenoxy) is 1. The molecule has 118 valence electrons. The van der Waals surface area contributed by atoms with Gasteiger partial charge >= 0.3 is 0 Å². The molecule has 0 saturated heterocycles. The Morgan fingerprint density at radius 2 is 1.83 bits per heavy atom. The monoisotopic (exact) mass is 308 g/mol. The number of aryl methyl sites for hydroxylation is 1. The molecule has 1 aromatic heterocycles. The van der Waals surface area contributed by atoms with Gasteiger partial charge in [0, 0.05) is 12.1 Å². The summed E-state index contributed by atoms with van der Waals surface area (Å²) in [5, 5.41) is 8.60. The number of hydrogen-bond acceptors (Lipinski definition) is 4. The Kier molecular flexibility index (Phi) is 4.39. The molecule has 0 amide bonds. The van der Waals surface area contributed by atoms with E-state index in [1.54, 1.807) is 7.11 Å². The Labute approximate surface area is 135 Å². The van der Waals surface area contributed by atoms with E-state index in [1.807, 2.05) is 41.1 Å². The average molecular weight is 308 g/mol. The van der Waals surface area contributed by atoms with Gasteiger partial charge in [0.05, 0.1) is 18.5 Å². The fraction of sp³-hybridized carbons (Fsp3) is 0.222. The molecule has 3 rings (SSSR count). The van der Waals surface area contributed by atoms with Crippen LogP contribution in [-0.4, -0.2) is 22.1 Å². The maximum atomic E-state index is 5.87. The summed E-state index contributed by atoms with van der Waals surface area (Å²) in [7, 11) is 1.66. The molecule has 5 nitrogen and oxygen atoms in total. The summed E-state index contributed by atoms with van der Waals surface area (Å²) in [5.74, 6) is 0.816. The Morgan fingerprint density at radius 3 is 2.48 bits per heavy atom. The van der Waals surface area contributed by atoms with Crippen LogP contribution in [0, 0.1) is 0 Å². The second kappa shape index (κ2) is 6.62. The van der Waals surface area contributed by atoms with Crippen molar-refractivity contribution in [1.82, 2.24) is 15.0 Å². The molecule has 0 spiro atoms. The van der Waals surface area contributed by atoms with Crippen LogP contribution in [0.15, 0.2) is 48.5 Å². The highest BCUT2D eigenvalue weighted by molar-refractivity contribution is 5.65. The standard InChI is InChI=1S/C18H20N4O/c1-3-13-6-4-5-7-17(13)22-18(16(12-19)20-21-22)14-8-10-15(23-2)11-9-14/h4-11H,3,12,19H2,1-2H3. The summed E-state index contributed by atoms with van der Waals surface area (Å²) in [4.78, 5) is 0. The summed E-state index contributed by atoms with van der Waals surface area (Å²) in [6, 6.07) is 16.1. The topological polar surface area (TPSA) is 66.0 Å². The highest BCUT2D eigenvalue weighted by Crippen LogP contribution is 2.28. The van der Waals surface area contributed by atoms with E-state index in [2.05, 4.69) is 29.4 Å². The molecule has 2 aromatic carbocycles. The summed E-state index contributed by atoms with van der Waals surface area (Å²) < 4.78 is 7.11. The van der Waals surface area contributed by atoms with E-state index in [0.29, 0.717) is 6.54 Å². The number of nitrogens with zero attached hydrogens (tertiary/aromatic N) is 3. The zero-order valence-electron chi connectivity index (χ0n) is 13.4. The van der Waals surface area contributed by atoms with Crippen LogP contribution in [-0.2, 0) is 13.0 Å². The fourth-order valence-corrected chi connectivity index (χ4v) is 2.67. The van der Waals surface area contributed by atoms with E-state index in [1.165, 1.54) is 5.56 Å². The molecule has 0 aliphatic heterocycles. The Morgan fingerprint density at radius 1 is 1.09 bits per heavy atom. The number of aromatic nitrogens is 3. The lowest BCUT2D eigenvalue weighted by Gasteiger charge is -2.12. The van der Waals surface area contributed by atoms with Gasteiger partial charge in [-0.2, -0.15) is 0 Å². The molecule has 0 saturated carbocycles. The second-order valence-electron chi connectivity index (χ2n) is 5.21. The lowest BCUT2D eigenvalue weighted by molar-refractivity contribution is 0.415. The van der Waals surface area contributed by atoms with Crippen LogP contribution in [0.4, 0.5) is 0 Å². The van der Waals surface area contributed by atoms with Gasteiger partial charge < -0.3 is 10.5 Å². The summed E-state index contributed by atoms with van der Waals surface area (Å²) >= 11 is 0. The quantitative estimate of drug-likeness (QED) is 0.787. The summed E-state index contributed by atoms with van der Waals surface area (Å²) in [5.41, 5.74) is 10.8. The van der Waals surface area contributed by atoms with Crippen LogP contribution in [0.2, 0.25) is 0 Å². The minimum absolute atomic E-state index is 0.343. The van der Waals surface area contributed by atoms with Crippen LogP contribution >= 0.6 is 0 Å². The van der Waals surface area contributed by atoms with Gasteiger partial charge in [0.1, 0.15) is 11.4 Å². The van der Waals surface area contributed by atoms with Gasteiger partial charge in [0.25, 0.3) is 0 Å². The molecule has 0 radical (unpaired) electrons. The first-order valence-corrected chi connectivity index (χ1v) is 7.65. The molecule has 23 heavy (non-hydrogen) atoms. The van der Waals surface area contributed by atoms with E-state index < -0.39 is 0 Å². The largest absolute Gasteiger partial charge is 0.497 e. The minimum atomic E-state index is 0.343. The van der Waals surface area contributed by atoms with Crippen molar-refractivity contribution >= 4 is 0 Å². The lowest BCUT2D eigenvalue weighted by Crippen LogP contribution is -2.05. The number of nitrogens with two attached hydrogens (primary N) is 1. The highest BCUT2D eigenvalue weighted by Gasteiger charge is 2.16. The SMILES string of the molecule is CCc1ccccc1-n1nnc(CN)c1-c1ccc(OC)cc1. The second-order valence-corrected chi connectivity index (χ2v) is 5.21. The average Bonchev–Trinajstić information content (AvgIpc) is 3.05. The minimum Gasteiger partial charge on any atom is -0.497 e. The number of benzene rings is 2. The van der Waals surface area contributed by atoms with Gasteiger partial charge in [-0.1, -0.05) is 30.3 Å². The van der Waals surface area contributed by atoms with Gasteiger partial charge in [-0.3, -0.25) is 0 Å². The third kappa shape index (κ3) is 2.83. The van der Waals surface area contributed by atoms with Crippen molar-refractivity contribution in [2.24, 2.45) is 5.73 Å². The molecule has 3 aromatic rings. The summed E-state index contributed by atoms with van der Waals surface area (Å²) in [6.07, 6.45) is 0.927. The van der Waals surface area contributed by atoms with Crippen LogP contribution < -0.4 is 10.5 Å². The van der Waals surface area contributed by atoms with Gasteiger partial charge in [-0.05, 0) is 42.3 Å². The van der Waals surface area contributed by atoms with Crippen molar-refractivity contribution in [2.75, 3.05) is 7.11 Å². The fourth-order valence-electron chi connectivity index (χ4n) is 2.67. The molecule has 0 bridgehead atoms. The third-order valence-corrected chi connectivity index (χ3v) is 3.90. The normalized spacial score (nSPS) is 10.7. The first-order valence-electron chi connectivity index (χ1n) is 7.65. The van der Waals surface area contributed by atoms with Gasteiger partial charge in [-0.25, -0.2) is 4.68 Å². The van der Waals surface area contributed by atoms with E-state index in [0.717, 1.165) is 34.8 Å². The van der Waals surface area contributed by atoms with Crippen LogP contribution in [0.1, 0.15) is 18.2 Å². The van der Waals surface area contributed by atoms with Crippen molar-refractivity contribution in [3.63, 3.8) is 0 Å². The maximum absolute atomic E-state index is 5.87. The number of methoxy groups -OCH3 is 1. The van der Waals surface area contributed by atoms with Crippen LogP contribution in [0.25, 0.3) is 16.9 Å². The molecular formula is C18H20N4O. The molecule has 5 heteroatoms. The molecule has 0 aliphatic carbocycles. The van der Waals surface area contributed by atoms with E-state index in [4.69, 9.17) is 10.5 Å². The molecular weight excluding hydrogens is 288 g/mol. The predicted molar refractivity (Wildman–Crippen MR) is 90.6 cm³/mol. The van der Waals surface area contributed by atoms with Crippen molar-refractivity contribution in [3.8, 4) is 22.7 Å². The number of rotatable bonds is 5. The molecule has 1 heterocycles. The summed E-state index contributed by atoms with van der Waals surface area (Å²) in [6.45, 7) is 2.47. The van der Waals surface area contributed by atoms with Crippen LogP contribution in [0.3, 0.4) is 0 Å². The van der Waals surface area contributed by atoms with E-state index in [9.17, 15) is 0 Å². The van der Waals surface area contributed by atoms with Gasteiger partial charge in [-0.15, -0.1) is 5.10 Å². The third-order valence-electron chi connectivity index (χ3n) is 3.90. The van der Waals surface area contributed by atoms with E-state index in [-0.39, 0.29) is 0 Å². The molecule has 0 atom stereocenters. The van der Waals surface area contributed by atoms with Crippen molar-refractivity contribution < 1.29 is 4.74 Å². The first-order chi connectivity index (χ1) is 11.3. The zero-order valence-corrected chi connectivity index (χ0v) is 13.4. The van der Waals surface area contributed by atoms with Crippen molar-refractivity contribution in [1.29, 1.82) is 0 Å². The van der Waals surface area contributed by atoms with Gasteiger partial charge in [0.15, 0.2) is 0 Å². The zero-order chi connectivity index (χ0) is 16.2. The molecule has 2 N–H and O–H groups in total. The first kappa shape index (κ1) is 15.2. The lowest BCUT2D eigenvalue weighted by atomic mass is 10.1. The van der Waals surface area contributed by atoms with Gasteiger partial charge in [0.2, 0.25) is 0 Å². The maximum Gasteiger partial charge on any atom is 0.118 e. The molecule has 0 fully saturated rings.